The summed E-state index contributed by atoms with van der Waals surface area (Å²) in [6.07, 6.45) is 4.75. The Hall–Kier alpha value is -0.120. The van der Waals surface area contributed by atoms with E-state index < -0.39 is 0 Å². The fourth-order valence-corrected chi connectivity index (χ4v) is 2.00. The Kier molecular flexibility index (Phi) is 4.70. The largest absolute Gasteiger partial charge is 0.396 e. The van der Waals surface area contributed by atoms with E-state index in [1.807, 2.05) is 0 Å². The van der Waals surface area contributed by atoms with Crippen LogP contribution in [-0.4, -0.2) is 35.0 Å². The Morgan fingerprint density at radius 2 is 2.23 bits per heavy atom. The quantitative estimate of drug-likeness (QED) is 0.592. The van der Waals surface area contributed by atoms with Gasteiger partial charge in [0.2, 0.25) is 0 Å². The van der Waals surface area contributed by atoms with Crippen molar-refractivity contribution in [1.29, 1.82) is 0 Å². The molecule has 3 atom stereocenters. The molecular weight excluding hydrogens is 166 g/mol. The average Bonchev–Trinajstić information content (AvgIpc) is 2.51. The first-order valence-corrected chi connectivity index (χ1v) is 5.33. The Morgan fingerprint density at radius 3 is 2.69 bits per heavy atom. The molecule has 13 heavy (non-hydrogen) atoms. The van der Waals surface area contributed by atoms with Crippen LogP contribution in [0.3, 0.4) is 0 Å². The van der Waals surface area contributed by atoms with Gasteiger partial charge in [0.15, 0.2) is 0 Å². The van der Waals surface area contributed by atoms with Gasteiger partial charge in [-0.2, -0.15) is 0 Å². The summed E-state index contributed by atoms with van der Waals surface area (Å²) < 4.78 is 0. The summed E-state index contributed by atoms with van der Waals surface area (Å²) in [6, 6.07) is 0.624. The van der Waals surface area contributed by atoms with Crippen molar-refractivity contribution in [1.82, 2.24) is 5.32 Å². The summed E-state index contributed by atoms with van der Waals surface area (Å²) in [7, 11) is 0. The minimum absolute atomic E-state index is 0.173. The molecule has 0 spiro atoms. The zero-order valence-electron chi connectivity index (χ0n) is 8.37. The van der Waals surface area contributed by atoms with Gasteiger partial charge in [-0.05, 0) is 32.1 Å². The van der Waals surface area contributed by atoms with Crippen LogP contribution in [0.15, 0.2) is 0 Å². The summed E-state index contributed by atoms with van der Waals surface area (Å²) in [5.41, 5.74) is 0. The van der Waals surface area contributed by atoms with Gasteiger partial charge in [-0.15, -0.1) is 0 Å². The summed E-state index contributed by atoms with van der Waals surface area (Å²) in [4.78, 5) is 0. The molecule has 3 heteroatoms. The third-order valence-electron chi connectivity index (χ3n) is 2.90. The van der Waals surface area contributed by atoms with Gasteiger partial charge in [-0.1, -0.05) is 6.92 Å². The minimum Gasteiger partial charge on any atom is -0.396 e. The van der Waals surface area contributed by atoms with Crippen LogP contribution in [0.1, 0.15) is 39.0 Å². The molecule has 1 aliphatic rings. The lowest BCUT2D eigenvalue weighted by molar-refractivity contribution is 0.138. The molecule has 0 aliphatic heterocycles. The molecule has 0 heterocycles. The van der Waals surface area contributed by atoms with Gasteiger partial charge in [-0.3, -0.25) is 0 Å². The number of aliphatic hydroxyl groups is 2. The van der Waals surface area contributed by atoms with Gasteiger partial charge in [-0.25, -0.2) is 0 Å². The molecule has 0 amide bonds. The van der Waals surface area contributed by atoms with Crippen LogP contribution in [0.25, 0.3) is 0 Å². The molecule has 3 N–H and O–H groups in total. The Balaban J connectivity index is 2.27. The highest BCUT2D eigenvalue weighted by Crippen LogP contribution is 2.19. The number of aliphatic hydroxyl groups excluding tert-OH is 2. The highest BCUT2D eigenvalue weighted by Gasteiger charge is 2.26. The van der Waals surface area contributed by atoms with Crippen LogP contribution in [0.4, 0.5) is 0 Å². The summed E-state index contributed by atoms with van der Waals surface area (Å²) in [5, 5.41) is 21.8. The second kappa shape index (κ2) is 5.58. The maximum atomic E-state index is 9.58. The van der Waals surface area contributed by atoms with E-state index >= 15 is 0 Å². The van der Waals surface area contributed by atoms with Crippen molar-refractivity contribution in [3.05, 3.63) is 0 Å². The van der Waals surface area contributed by atoms with Crippen molar-refractivity contribution in [2.75, 3.05) is 6.61 Å². The zero-order valence-corrected chi connectivity index (χ0v) is 8.37. The lowest BCUT2D eigenvalue weighted by Gasteiger charge is -2.23. The molecule has 0 aromatic rings. The molecule has 1 fully saturated rings. The van der Waals surface area contributed by atoms with Crippen LogP contribution in [0.5, 0.6) is 0 Å². The highest BCUT2D eigenvalue weighted by atomic mass is 16.3. The van der Waals surface area contributed by atoms with Crippen molar-refractivity contribution in [2.24, 2.45) is 0 Å². The van der Waals surface area contributed by atoms with Crippen LogP contribution in [0, 0.1) is 0 Å². The maximum Gasteiger partial charge on any atom is 0.0693 e. The first kappa shape index (κ1) is 11.0. The molecule has 1 rings (SSSR count). The van der Waals surface area contributed by atoms with Gasteiger partial charge in [0.05, 0.1) is 6.10 Å². The molecule has 0 bridgehead atoms. The Bertz CT molecular complexity index is 141. The van der Waals surface area contributed by atoms with Gasteiger partial charge in [0.25, 0.3) is 0 Å². The smallest absolute Gasteiger partial charge is 0.0693 e. The molecule has 3 unspecified atom stereocenters. The van der Waals surface area contributed by atoms with E-state index in [0.717, 1.165) is 32.1 Å². The normalized spacial score (nSPS) is 30.7. The summed E-state index contributed by atoms with van der Waals surface area (Å²) in [5.74, 6) is 0. The molecular formula is C10H21NO2. The first-order chi connectivity index (χ1) is 6.27. The number of rotatable bonds is 5. The highest BCUT2D eigenvalue weighted by molar-refractivity contribution is 4.85. The fourth-order valence-electron chi connectivity index (χ4n) is 2.00. The first-order valence-electron chi connectivity index (χ1n) is 5.33. The van der Waals surface area contributed by atoms with Crippen molar-refractivity contribution in [2.45, 2.75) is 57.2 Å². The third-order valence-corrected chi connectivity index (χ3v) is 2.90. The zero-order chi connectivity index (χ0) is 9.68. The molecule has 0 aromatic heterocycles. The molecule has 0 radical (unpaired) electrons. The van der Waals surface area contributed by atoms with E-state index in [4.69, 9.17) is 5.11 Å². The van der Waals surface area contributed by atoms with E-state index in [0.29, 0.717) is 6.04 Å². The third kappa shape index (κ3) is 3.25. The second-order valence-electron chi connectivity index (χ2n) is 3.89. The molecule has 3 nitrogen and oxygen atoms in total. The standard InChI is InChI=1S/C10H21NO2/c1-2-8(6-7-12)11-9-4-3-5-10(9)13/h8-13H,2-7H2,1H3. The lowest BCUT2D eigenvalue weighted by atomic mass is 10.1. The number of hydrogen-bond acceptors (Lipinski definition) is 3. The fraction of sp³-hybridized carbons (Fsp3) is 1.00. The monoisotopic (exact) mass is 187 g/mol. The predicted octanol–water partition coefficient (Wildman–Crippen LogP) is 0.650. The summed E-state index contributed by atoms with van der Waals surface area (Å²) >= 11 is 0. The van der Waals surface area contributed by atoms with Crippen LogP contribution in [0.2, 0.25) is 0 Å². The molecule has 1 saturated carbocycles. The average molecular weight is 187 g/mol. The second-order valence-corrected chi connectivity index (χ2v) is 3.89. The van der Waals surface area contributed by atoms with E-state index in [2.05, 4.69) is 12.2 Å². The van der Waals surface area contributed by atoms with E-state index in [-0.39, 0.29) is 18.8 Å². The van der Waals surface area contributed by atoms with E-state index in [1.165, 1.54) is 0 Å². The Labute approximate surface area is 80.2 Å². The van der Waals surface area contributed by atoms with Crippen LogP contribution >= 0.6 is 0 Å². The van der Waals surface area contributed by atoms with Gasteiger partial charge >= 0.3 is 0 Å². The van der Waals surface area contributed by atoms with Crippen LogP contribution < -0.4 is 5.32 Å². The number of nitrogens with one attached hydrogen (secondary N) is 1. The van der Waals surface area contributed by atoms with Crippen LogP contribution in [-0.2, 0) is 0 Å². The molecule has 0 aromatic carbocycles. The van der Waals surface area contributed by atoms with Crippen molar-refractivity contribution in [3.63, 3.8) is 0 Å². The molecule has 1 aliphatic carbocycles. The maximum absolute atomic E-state index is 9.58. The van der Waals surface area contributed by atoms with Gasteiger partial charge < -0.3 is 15.5 Å². The number of hydrogen-bond donors (Lipinski definition) is 3. The van der Waals surface area contributed by atoms with Gasteiger partial charge in [0, 0.05) is 18.7 Å². The van der Waals surface area contributed by atoms with Crippen molar-refractivity contribution >= 4 is 0 Å². The SMILES string of the molecule is CCC(CCO)NC1CCCC1O. The predicted molar refractivity (Wildman–Crippen MR) is 52.6 cm³/mol. The van der Waals surface area contributed by atoms with Gasteiger partial charge in [0.1, 0.15) is 0 Å². The molecule has 78 valence electrons. The van der Waals surface area contributed by atoms with E-state index in [9.17, 15) is 5.11 Å². The molecule has 0 saturated heterocycles. The van der Waals surface area contributed by atoms with Crippen molar-refractivity contribution < 1.29 is 10.2 Å². The topological polar surface area (TPSA) is 52.5 Å². The van der Waals surface area contributed by atoms with E-state index in [1.54, 1.807) is 0 Å². The lowest BCUT2D eigenvalue weighted by Crippen LogP contribution is -2.42. The Morgan fingerprint density at radius 1 is 1.46 bits per heavy atom. The summed E-state index contributed by atoms with van der Waals surface area (Å²) in [6.45, 7) is 2.34. The minimum atomic E-state index is -0.173. The van der Waals surface area contributed by atoms with Crippen molar-refractivity contribution in [3.8, 4) is 0 Å².